The van der Waals surface area contributed by atoms with Gasteiger partial charge in [-0.05, 0) is 31.5 Å². The van der Waals surface area contributed by atoms with E-state index in [0.29, 0.717) is 5.92 Å². The number of hydrogen-bond donors (Lipinski definition) is 3. The lowest BCUT2D eigenvalue weighted by atomic mass is 10.0. The Kier molecular flexibility index (Phi) is 3.78. The van der Waals surface area contributed by atoms with Gasteiger partial charge in [-0.1, -0.05) is 6.07 Å². The molecule has 1 aliphatic rings. The van der Waals surface area contributed by atoms with Crippen LogP contribution in [-0.4, -0.2) is 38.6 Å². The molecule has 0 radical (unpaired) electrons. The Labute approximate surface area is 139 Å². The summed E-state index contributed by atoms with van der Waals surface area (Å²) in [7, 11) is 0. The van der Waals surface area contributed by atoms with Crippen LogP contribution in [0.4, 0.5) is 5.69 Å². The minimum atomic E-state index is -0.0790. The Balaban J connectivity index is 1.48. The average Bonchev–Trinajstić information content (AvgIpc) is 3.26. The van der Waals surface area contributed by atoms with Gasteiger partial charge in [0.05, 0.1) is 29.7 Å². The molecule has 24 heavy (non-hydrogen) atoms. The summed E-state index contributed by atoms with van der Waals surface area (Å²) in [5.41, 5.74) is 4.51. The quantitative estimate of drug-likeness (QED) is 0.681. The number of aromatic nitrogens is 4. The maximum absolute atomic E-state index is 12.4. The number of hydrogen-bond acceptors (Lipinski definition) is 4. The van der Waals surface area contributed by atoms with Crippen molar-refractivity contribution in [2.75, 3.05) is 18.4 Å². The molecule has 1 aliphatic heterocycles. The van der Waals surface area contributed by atoms with Crippen molar-refractivity contribution in [2.45, 2.75) is 25.7 Å². The smallest absolute Gasteiger partial charge is 0.230 e. The van der Waals surface area contributed by atoms with E-state index in [1.54, 1.807) is 6.20 Å². The summed E-state index contributed by atoms with van der Waals surface area (Å²) in [5.74, 6) is 0.297. The zero-order valence-corrected chi connectivity index (χ0v) is 13.5. The number of carbonyl (C=O) groups is 1. The number of anilines is 1. The van der Waals surface area contributed by atoms with Gasteiger partial charge < -0.3 is 15.0 Å². The summed E-state index contributed by atoms with van der Waals surface area (Å²) >= 11 is 0. The van der Waals surface area contributed by atoms with Gasteiger partial charge in [0.1, 0.15) is 5.65 Å². The van der Waals surface area contributed by atoms with Crippen molar-refractivity contribution in [1.82, 2.24) is 24.9 Å². The summed E-state index contributed by atoms with van der Waals surface area (Å²) in [5, 5.41) is 13.4. The Morgan fingerprint density at radius 1 is 1.50 bits per heavy atom. The first-order valence-corrected chi connectivity index (χ1v) is 8.18. The van der Waals surface area contributed by atoms with Gasteiger partial charge in [0, 0.05) is 24.9 Å². The van der Waals surface area contributed by atoms with Gasteiger partial charge in [-0.2, -0.15) is 5.10 Å². The van der Waals surface area contributed by atoms with Crippen LogP contribution in [0.15, 0.2) is 30.7 Å². The SMILES string of the molecule is Cc1cccn2cc(CC(=O)Nc3cn[nH]c3C3CCNC3)nc12. The monoisotopic (exact) mass is 324 g/mol. The fraction of sp³-hybridized carbons (Fsp3) is 0.353. The third kappa shape index (κ3) is 2.78. The van der Waals surface area contributed by atoms with Gasteiger partial charge in [0.2, 0.25) is 5.91 Å². The van der Waals surface area contributed by atoms with E-state index in [9.17, 15) is 4.79 Å². The van der Waals surface area contributed by atoms with Gasteiger partial charge in [-0.25, -0.2) is 4.98 Å². The van der Waals surface area contributed by atoms with Crippen LogP contribution >= 0.6 is 0 Å². The number of pyridine rings is 1. The van der Waals surface area contributed by atoms with E-state index in [4.69, 9.17) is 0 Å². The zero-order chi connectivity index (χ0) is 16.5. The molecular weight excluding hydrogens is 304 g/mol. The molecule has 7 nitrogen and oxygen atoms in total. The second kappa shape index (κ2) is 6.09. The minimum Gasteiger partial charge on any atom is -0.323 e. The molecule has 1 amide bonds. The molecule has 1 unspecified atom stereocenters. The number of nitrogens with zero attached hydrogens (tertiary/aromatic N) is 3. The molecule has 0 saturated carbocycles. The number of fused-ring (bicyclic) bond motifs is 1. The molecule has 124 valence electrons. The number of aryl methyl sites for hydroxylation is 1. The van der Waals surface area contributed by atoms with Gasteiger partial charge in [0.25, 0.3) is 0 Å². The van der Waals surface area contributed by atoms with Crippen LogP contribution in [0.2, 0.25) is 0 Å². The van der Waals surface area contributed by atoms with Crippen molar-refractivity contribution < 1.29 is 4.79 Å². The lowest BCUT2D eigenvalue weighted by molar-refractivity contribution is -0.115. The molecule has 1 atom stereocenters. The first kappa shape index (κ1) is 14.9. The standard InChI is InChI=1S/C17H20N6O/c1-11-3-2-6-23-10-13(20-17(11)23)7-15(24)21-14-9-19-22-16(14)12-4-5-18-8-12/h2-3,6,9-10,12,18H,4-5,7-8H2,1H3,(H,19,22)(H,21,24). The topological polar surface area (TPSA) is 87.1 Å². The van der Waals surface area contributed by atoms with Crippen molar-refractivity contribution >= 4 is 17.2 Å². The second-order valence-electron chi connectivity index (χ2n) is 6.27. The highest BCUT2D eigenvalue weighted by Crippen LogP contribution is 2.26. The number of amides is 1. The number of aromatic amines is 1. The highest BCUT2D eigenvalue weighted by Gasteiger charge is 2.22. The maximum Gasteiger partial charge on any atom is 0.230 e. The van der Waals surface area contributed by atoms with Crippen molar-refractivity contribution in [3.05, 3.63) is 47.7 Å². The van der Waals surface area contributed by atoms with Gasteiger partial charge in [0.15, 0.2) is 0 Å². The van der Waals surface area contributed by atoms with Crippen molar-refractivity contribution in [3.8, 4) is 0 Å². The number of H-pyrrole nitrogens is 1. The Hall–Kier alpha value is -2.67. The van der Waals surface area contributed by atoms with Crippen LogP contribution in [0.1, 0.15) is 29.3 Å². The highest BCUT2D eigenvalue weighted by atomic mass is 16.1. The van der Waals surface area contributed by atoms with Gasteiger partial charge in [-0.3, -0.25) is 9.89 Å². The Morgan fingerprint density at radius 3 is 3.21 bits per heavy atom. The van der Waals surface area contributed by atoms with E-state index >= 15 is 0 Å². The summed E-state index contributed by atoms with van der Waals surface area (Å²) < 4.78 is 1.95. The molecule has 1 fully saturated rings. The number of rotatable bonds is 4. The van der Waals surface area contributed by atoms with Crippen LogP contribution in [-0.2, 0) is 11.2 Å². The molecule has 3 N–H and O–H groups in total. The van der Waals surface area contributed by atoms with Crippen molar-refractivity contribution in [2.24, 2.45) is 0 Å². The van der Waals surface area contributed by atoms with E-state index in [1.807, 2.05) is 35.9 Å². The van der Waals surface area contributed by atoms with Crippen LogP contribution in [0, 0.1) is 6.92 Å². The molecule has 0 aromatic carbocycles. The molecule has 1 saturated heterocycles. The molecule has 3 aromatic rings. The summed E-state index contributed by atoms with van der Waals surface area (Å²) in [6, 6.07) is 3.99. The fourth-order valence-electron chi connectivity index (χ4n) is 3.26. The minimum absolute atomic E-state index is 0.0790. The van der Waals surface area contributed by atoms with E-state index < -0.39 is 0 Å². The number of carbonyl (C=O) groups excluding carboxylic acids is 1. The molecule has 4 rings (SSSR count). The van der Waals surface area contributed by atoms with Crippen molar-refractivity contribution in [3.63, 3.8) is 0 Å². The lowest BCUT2D eigenvalue weighted by Crippen LogP contribution is -2.16. The largest absolute Gasteiger partial charge is 0.323 e. The molecule has 4 heterocycles. The summed E-state index contributed by atoms with van der Waals surface area (Å²) in [4.78, 5) is 16.9. The molecule has 0 aliphatic carbocycles. The van der Waals surface area contributed by atoms with Crippen LogP contribution in [0.25, 0.3) is 5.65 Å². The fourth-order valence-corrected chi connectivity index (χ4v) is 3.26. The predicted molar refractivity (Wildman–Crippen MR) is 91.1 cm³/mol. The Bertz CT molecular complexity index is 874. The predicted octanol–water partition coefficient (Wildman–Crippen LogP) is 1.62. The third-order valence-electron chi connectivity index (χ3n) is 4.48. The maximum atomic E-state index is 12.4. The van der Waals surface area contributed by atoms with Crippen LogP contribution in [0.5, 0.6) is 0 Å². The zero-order valence-electron chi connectivity index (χ0n) is 13.5. The molecular formula is C17H20N6O. The number of nitrogens with one attached hydrogen (secondary N) is 3. The van der Waals surface area contributed by atoms with Crippen molar-refractivity contribution in [1.29, 1.82) is 0 Å². The molecule has 0 spiro atoms. The van der Waals surface area contributed by atoms with E-state index in [2.05, 4.69) is 25.8 Å². The average molecular weight is 324 g/mol. The normalized spacial score (nSPS) is 17.5. The first-order valence-electron chi connectivity index (χ1n) is 8.18. The molecule has 0 bridgehead atoms. The number of imidazole rings is 1. The highest BCUT2D eigenvalue weighted by molar-refractivity contribution is 5.92. The molecule has 3 aromatic heterocycles. The van der Waals surface area contributed by atoms with Gasteiger partial charge in [-0.15, -0.1) is 0 Å². The van der Waals surface area contributed by atoms with E-state index in [0.717, 1.165) is 47.8 Å². The molecule has 7 heteroatoms. The van der Waals surface area contributed by atoms with Crippen LogP contribution < -0.4 is 10.6 Å². The van der Waals surface area contributed by atoms with E-state index in [-0.39, 0.29) is 12.3 Å². The van der Waals surface area contributed by atoms with Gasteiger partial charge >= 0.3 is 0 Å². The first-order chi connectivity index (χ1) is 11.7. The second-order valence-corrected chi connectivity index (χ2v) is 6.27. The summed E-state index contributed by atoms with van der Waals surface area (Å²) in [6.45, 7) is 3.92. The van der Waals surface area contributed by atoms with E-state index in [1.165, 1.54) is 0 Å². The Morgan fingerprint density at radius 2 is 2.42 bits per heavy atom. The third-order valence-corrected chi connectivity index (χ3v) is 4.48. The van der Waals surface area contributed by atoms with Crippen LogP contribution in [0.3, 0.4) is 0 Å². The summed E-state index contributed by atoms with van der Waals surface area (Å²) in [6.07, 6.45) is 6.82. The lowest BCUT2D eigenvalue weighted by Gasteiger charge is -2.09.